The predicted octanol–water partition coefficient (Wildman–Crippen LogP) is 3.87. The summed E-state index contributed by atoms with van der Waals surface area (Å²) in [6, 6.07) is 0. The SMILES string of the molecule is OC(O)CCCCCCCC(Br)(Br)Br. The van der Waals surface area contributed by atoms with Crippen LogP contribution in [0.4, 0.5) is 0 Å². The minimum atomic E-state index is -1.13. The average Bonchev–Trinajstić information content (AvgIpc) is 2.00. The molecule has 0 aliphatic heterocycles. The monoisotopic (exact) mass is 394 g/mol. The van der Waals surface area contributed by atoms with Gasteiger partial charge in [-0.25, -0.2) is 0 Å². The van der Waals surface area contributed by atoms with Crippen LogP contribution in [-0.4, -0.2) is 18.6 Å². The summed E-state index contributed by atoms with van der Waals surface area (Å²) in [6.45, 7) is 0. The highest BCUT2D eigenvalue weighted by molar-refractivity contribution is 9.39. The molecule has 0 fully saturated rings. The van der Waals surface area contributed by atoms with E-state index in [4.69, 9.17) is 10.2 Å². The lowest BCUT2D eigenvalue weighted by molar-refractivity contribution is -0.0466. The Kier molecular flexibility index (Phi) is 9.33. The lowest BCUT2D eigenvalue weighted by Crippen LogP contribution is -2.03. The molecular weight excluding hydrogens is 380 g/mol. The maximum atomic E-state index is 8.60. The minimum Gasteiger partial charge on any atom is -0.368 e. The summed E-state index contributed by atoms with van der Waals surface area (Å²) in [4.78, 5) is 0. The van der Waals surface area contributed by atoms with Crippen LogP contribution in [0.15, 0.2) is 0 Å². The van der Waals surface area contributed by atoms with Gasteiger partial charge in [-0.15, -0.1) is 0 Å². The van der Waals surface area contributed by atoms with E-state index in [1.165, 1.54) is 6.42 Å². The third kappa shape index (κ3) is 13.4. The van der Waals surface area contributed by atoms with Crippen molar-refractivity contribution in [3.63, 3.8) is 0 Å². The molecule has 0 bridgehead atoms. The molecule has 0 saturated heterocycles. The van der Waals surface area contributed by atoms with Crippen LogP contribution >= 0.6 is 47.8 Å². The normalized spacial score (nSPS) is 12.4. The van der Waals surface area contributed by atoms with Crippen LogP contribution in [0.25, 0.3) is 0 Å². The molecule has 0 aliphatic carbocycles. The van der Waals surface area contributed by atoms with Gasteiger partial charge in [0.2, 0.25) is 0 Å². The summed E-state index contributed by atoms with van der Waals surface area (Å²) >= 11 is 10.3. The summed E-state index contributed by atoms with van der Waals surface area (Å²) in [5.41, 5.74) is 0. The maximum Gasteiger partial charge on any atom is 0.151 e. The van der Waals surface area contributed by atoms with Gasteiger partial charge in [0, 0.05) is 0 Å². The van der Waals surface area contributed by atoms with E-state index in [1.54, 1.807) is 0 Å². The first-order chi connectivity index (χ1) is 6.42. The second-order valence-electron chi connectivity index (χ2n) is 3.40. The van der Waals surface area contributed by atoms with Crippen LogP contribution in [0, 0.1) is 0 Å². The molecule has 0 aromatic carbocycles. The van der Waals surface area contributed by atoms with Crippen molar-refractivity contribution in [3.05, 3.63) is 0 Å². The molecule has 0 heterocycles. The van der Waals surface area contributed by atoms with Crippen LogP contribution in [0.5, 0.6) is 0 Å². The fourth-order valence-electron chi connectivity index (χ4n) is 1.18. The average molecular weight is 397 g/mol. The summed E-state index contributed by atoms with van der Waals surface area (Å²) in [7, 11) is 0. The van der Waals surface area contributed by atoms with Crippen molar-refractivity contribution in [3.8, 4) is 0 Å². The Morgan fingerprint density at radius 3 is 1.86 bits per heavy atom. The van der Waals surface area contributed by atoms with Crippen molar-refractivity contribution < 1.29 is 10.2 Å². The molecule has 0 unspecified atom stereocenters. The van der Waals surface area contributed by atoms with Crippen molar-refractivity contribution in [2.24, 2.45) is 0 Å². The van der Waals surface area contributed by atoms with Gasteiger partial charge in [-0.05, 0) is 19.3 Å². The molecule has 0 aliphatic rings. The Balaban J connectivity index is 3.07. The first kappa shape index (κ1) is 15.4. The fourth-order valence-corrected chi connectivity index (χ4v) is 2.02. The van der Waals surface area contributed by atoms with E-state index in [9.17, 15) is 0 Å². The maximum absolute atomic E-state index is 8.60. The van der Waals surface area contributed by atoms with E-state index in [-0.39, 0.29) is 2.14 Å². The summed E-state index contributed by atoms with van der Waals surface area (Å²) in [6.07, 6.45) is 5.90. The van der Waals surface area contributed by atoms with Crippen molar-refractivity contribution in [1.29, 1.82) is 0 Å². The zero-order valence-electron chi connectivity index (χ0n) is 8.06. The van der Waals surface area contributed by atoms with Crippen LogP contribution in [-0.2, 0) is 0 Å². The van der Waals surface area contributed by atoms with Gasteiger partial charge < -0.3 is 10.2 Å². The predicted molar refractivity (Wildman–Crippen MR) is 70.1 cm³/mol. The fraction of sp³-hybridized carbons (Fsp3) is 1.00. The highest BCUT2D eigenvalue weighted by atomic mass is 80.0. The van der Waals surface area contributed by atoms with E-state index in [2.05, 4.69) is 47.8 Å². The molecule has 0 rings (SSSR count). The number of rotatable bonds is 7. The van der Waals surface area contributed by atoms with Gasteiger partial charge in [0.25, 0.3) is 0 Å². The third-order valence-electron chi connectivity index (χ3n) is 1.92. The van der Waals surface area contributed by atoms with Gasteiger partial charge in [0.1, 0.15) is 2.14 Å². The highest BCUT2D eigenvalue weighted by Crippen LogP contribution is 2.38. The minimum absolute atomic E-state index is 0.103. The van der Waals surface area contributed by atoms with Crippen molar-refractivity contribution in [2.75, 3.05) is 0 Å². The van der Waals surface area contributed by atoms with Crippen LogP contribution in [0.3, 0.4) is 0 Å². The Morgan fingerprint density at radius 2 is 1.36 bits per heavy atom. The molecule has 0 aromatic heterocycles. The van der Waals surface area contributed by atoms with Crippen molar-refractivity contribution >= 4 is 47.8 Å². The Bertz CT molecular complexity index is 135. The van der Waals surface area contributed by atoms with Crippen molar-refractivity contribution in [2.45, 2.75) is 53.4 Å². The molecule has 2 N–H and O–H groups in total. The number of alkyl halides is 3. The number of aliphatic hydroxyl groups excluding tert-OH is 1. The molecule has 0 amide bonds. The lowest BCUT2D eigenvalue weighted by atomic mass is 10.1. The first-order valence-electron chi connectivity index (χ1n) is 4.85. The molecule has 0 aromatic rings. The molecule has 14 heavy (non-hydrogen) atoms. The Labute approximate surface area is 111 Å². The van der Waals surface area contributed by atoms with Gasteiger partial charge >= 0.3 is 0 Å². The second kappa shape index (κ2) is 8.50. The van der Waals surface area contributed by atoms with Crippen molar-refractivity contribution in [1.82, 2.24) is 0 Å². The molecular formula is C9H17Br3O2. The van der Waals surface area contributed by atoms with Crippen LogP contribution in [0.1, 0.15) is 44.9 Å². The number of aliphatic hydroxyl groups is 2. The zero-order chi connectivity index (χ0) is 11.0. The third-order valence-corrected chi connectivity index (χ3v) is 3.11. The summed E-state index contributed by atoms with van der Waals surface area (Å²) in [5.74, 6) is 0. The molecule has 2 nitrogen and oxygen atoms in total. The molecule has 0 radical (unpaired) electrons. The van der Waals surface area contributed by atoms with E-state index >= 15 is 0 Å². The van der Waals surface area contributed by atoms with E-state index < -0.39 is 6.29 Å². The largest absolute Gasteiger partial charge is 0.368 e. The van der Waals surface area contributed by atoms with Gasteiger partial charge in [-0.2, -0.15) is 0 Å². The molecule has 86 valence electrons. The van der Waals surface area contributed by atoms with E-state index in [1.807, 2.05) is 0 Å². The van der Waals surface area contributed by atoms with Gasteiger partial charge in [0.15, 0.2) is 6.29 Å². The molecule has 5 heteroatoms. The lowest BCUT2D eigenvalue weighted by Gasteiger charge is -2.10. The topological polar surface area (TPSA) is 40.5 Å². The number of hydrogen-bond acceptors (Lipinski definition) is 2. The molecule has 0 saturated carbocycles. The molecule has 0 spiro atoms. The summed E-state index contributed by atoms with van der Waals surface area (Å²) in [5, 5.41) is 17.2. The number of halogens is 3. The van der Waals surface area contributed by atoms with Gasteiger partial charge in [-0.1, -0.05) is 73.5 Å². The van der Waals surface area contributed by atoms with Crippen LogP contribution in [0.2, 0.25) is 0 Å². The van der Waals surface area contributed by atoms with Gasteiger partial charge in [-0.3, -0.25) is 0 Å². The molecule has 0 atom stereocenters. The van der Waals surface area contributed by atoms with E-state index in [0.29, 0.717) is 6.42 Å². The second-order valence-corrected chi connectivity index (χ2v) is 10.7. The Morgan fingerprint density at radius 1 is 0.857 bits per heavy atom. The standard InChI is InChI=1S/C9H17Br3O2/c10-9(11,12)7-5-3-1-2-4-6-8(13)14/h8,13-14H,1-7H2. The van der Waals surface area contributed by atoms with Crippen LogP contribution < -0.4 is 0 Å². The Hall–Kier alpha value is 1.36. The smallest absolute Gasteiger partial charge is 0.151 e. The van der Waals surface area contributed by atoms with Gasteiger partial charge in [0.05, 0.1) is 0 Å². The number of unbranched alkanes of at least 4 members (excludes halogenated alkanes) is 4. The first-order valence-corrected chi connectivity index (χ1v) is 7.22. The van der Waals surface area contributed by atoms with E-state index in [0.717, 1.165) is 32.1 Å². The summed E-state index contributed by atoms with van der Waals surface area (Å²) < 4.78 is -0.103. The highest BCUT2D eigenvalue weighted by Gasteiger charge is 2.15. The number of hydrogen-bond donors (Lipinski definition) is 2. The quantitative estimate of drug-likeness (QED) is 0.389. The zero-order valence-corrected chi connectivity index (χ0v) is 12.8.